The zero-order valence-corrected chi connectivity index (χ0v) is 12.7. The second-order valence-electron chi connectivity index (χ2n) is 5.06. The number of nitrogens with zero attached hydrogens (tertiary/aromatic N) is 3. The van der Waals surface area contributed by atoms with E-state index < -0.39 is 0 Å². The van der Waals surface area contributed by atoms with Crippen molar-refractivity contribution in [3.63, 3.8) is 0 Å². The third-order valence-electron chi connectivity index (χ3n) is 3.61. The number of ether oxygens (including phenoxy) is 1. The van der Waals surface area contributed by atoms with Crippen LogP contribution >= 0.6 is 23.2 Å². The van der Waals surface area contributed by atoms with Crippen LogP contribution in [0.25, 0.3) is 11.2 Å². The summed E-state index contributed by atoms with van der Waals surface area (Å²) in [6.45, 7) is 1.64. The standard InChI is InChI=1S/C14H17Cl2N3O/c15-5-4-13-18-12-7-10(16)8-17-14(12)19(13)9-11-3-1-2-6-20-11/h7-8,11H,1-6,9H2. The Hall–Kier alpha value is -0.840. The van der Waals surface area contributed by atoms with Gasteiger partial charge in [0.1, 0.15) is 11.3 Å². The normalized spacial score (nSPS) is 19.6. The smallest absolute Gasteiger partial charge is 0.160 e. The summed E-state index contributed by atoms with van der Waals surface area (Å²) in [7, 11) is 0. The Bertz CT molecular complexity index is 593. The number of fused-ring (bicyclic) bond motifs is 1. The van der Waals surface area contributed by atoms with Crippen LogP contribution in [0, 0.1) is 0 Å². The molecule has 0 radical (unpaired) electrons. The molecule has 0 aliphatic carbocycles. The molecule has 20 heavy (non-hydrogen) atoms. The van der Waals surface area contributed by atoms with Gasteiger partial charge in [-0.15, -0.1) is 11.6 Å². The molecule has 1 aliphatic rings. The van der Waals surface area contributed by atoms with Crippen LogP contribution in [0.5, 0.6) is 0 Å². The highest BCUT2D eigenvalue weighted by Gasteiger charge is 2.19. The fourth-order valence-corrected chi connectivity index (χ4v) is 2.98. The van der Waals surface area contributed by atoms with E-state index in [-0.39, 0.29) is 6.10 Å². The lowest BCUT2D eigenvalue weighted by atomic mass is 10.1. The Balaban J connectivity index is 1.95. The third-order valence-corrected chi connectivity index (χ3v) is 4.00. The SMILES string of the molecule is ClCCc1nc2cc(Cl)cnc2n1CC1CCCCO1. The first kappa shape index (κ1) is 14.1. The summed E-state index contributed by atoms with van der Waals surface area (Å²) in [5.41, 5.74) is 1.69. The number of halogens is 2. The number of rotatable bonds is 4. The van der Waals surface area contributed by atoms with Crippen LogP contribution in [-0.2, 0) is 17.7 Å². The Morgan fingerprint density at radius 2 is 2.30 bits per heavy atom. The predicted octanol–water partition coefficient (Wildman–Crippen LogP) is 3.44. The molecule has 2 aromatic rings. The lowest BCUT2D eigenvalue weighted by molar-refractivity contribution is 0.00613. The van der Waals surface area contributed by atoms with E-state index in [1.54, 1.807) is 6.20 Å². The molecule has 0 saturated carbocycles. The number of hydrogen-bond acceptors (Lipinski definition) is 3. The molecular formula is C14H17Cl2N3O. The molecule has 3 heterocycles. The molecule has 2 aromatic heterocycles. The lowest BCUT2D eigenvalue weighted by Crippen LogP contribution is -2.25. The van der Waals surface area contributed by atoms with Crippen molar-refractivity contribution in [2.45, 2.75) is 38.3 Å². The second kappa shape index (κ2) is 6.29. The second-order valence-corrected chi connectivity index (χ2v) is 5.88. The van der Waals surface area contributed by atoms with Crippen molar-refractivity contribution < 1.29 is 4.74 Å². The van der Waals surface area contributed by atoms with Crippen molar-refractivity contribution in [3.05, 3.63) is 23.1 Å². The summed E-state index contributed by atoms with van der Waals surface area (Å²) < 4.78 is 7.95. The van der Waals surface area contributed by atoms with Gasteiger partial charge in [-0.2, -0.15) is 0 Å². The largest absolute Gasteiger partial charge is 0.376 e. The highest BCUT2D eigenvalue weighted by Crippen LogP contribution is 2.22. The molecule has 3 rings (SSSR count). The maximum atomic E-state index is 5.99. The number of pyridine rings is 1. The van der Waals surface area contributed by atoms with E-state index in [4.69, 9.17) is 27.9 Å². The van der Waals surface area contributed by atoms with Crippen molar-refractivity contribution in [1.82, 2.24) is 14.5 Å². The molecule has 108 valence electrons. The van der Waals surface area contributed by atoms with Gasteiger partial charge in [0.05, 0.1) is 17.7 Å². The molecule has 1 aliphatic heterocycles. The quantitative estimate of drug-likeness (QED) is 0.812. The van der Waals surface area contributed by atoms with Gasteiger partial charge in [0.2, 0.25) is 0 Å². The Morgan fingerprint density at radius 3 is 3.05 bits per heavy atom. The van der Waals surface area contributed by atoms with E-state index in [9.17, 15) is 0 Å². The number of alkyl halides is 1. The fourth-order valence-electron chi connectivity index (χ4n) is 2.66. The van der Waals surface area contributed by atoms with Crippen LogP contribution in [-0.4, -0.2) is 33.1 Å². The highest BCUT2D eigenvalue weighted by molar-refractivity contribution is 6.31. The Labute approximate surface area is 128 Å². The van der Waals surface area contributed by atoms with Crippen LogP contribution in [0.15, 0.2) is 12.3 Å². The van der Waals surface area contributed by atoms with Crippen LogP contribution in [0.4, 0.5) is 0 Å². The summed E-state index contributed by atoms with van der Waals surface area (Å²) in [5.74, 6) is 1.50. The average molecular weight is 314 g/mol. The number of hydrogen-bond donors (Lipinski definition) is 0. The first-order valence-corrected chi connectivity index (χ1v) is 7.87. The first-order chi connectivity index (χ1) is 9.78. The van der Waals surface area contributed by atoms with E-state index >= 15 is 0 Å². The molecule has 1 saturated heterocycles. The molecule has 1 fully saturated rings. The molecular weight excluding hydrogens is 297 g/mol. The van der Waals surface area contributed by atoms with Gasteiger partial charge in [-0.05, 0) is 25.3 Å². The number of aryl methyl sites for hydroxylation is 1. The minimum absolute atomic E-state index is 0.243. The lowest BCUT2D eigenvalue weighted by Gasteiger charge is -2.23. The highest BCUT2D eigenvalue weighted by atomic mass is 35.5. The molecule has 1 unspecified atom stereocenters. The van der Waals surface area contributed by atoms with Crippen molar-refractivity contribution in [1.29, 1.82) is 0 Å². The van der Waals surface area contributed by atoms with Gasteiger partial charge in [0.25, 0.3) is 0 Å². The van der Waals surface area contributed by atoms with Gasteiger partial charge >= 0.3 is 0 Å². The molecule has 0 amide bonds. The van der Waals surface area contributed by atoms with E-state index in [0.717, 1.165) is 49.4 Å². The van der Waals surface area contributed by atoms with Gasteiger partial charge < -0.3 is 9.30 Å². The fraction of sp³-hybridized carbons (Fsp3) is 0.571. The minimum Gasteiger partial charge on any atom is -0.376 e. The molecule has 6 heteroatoms. The molecule has 0 N–H and O–H groups in total. The monoisotopic (exact) mass is 313 g/mol. The Kier molecular flexibility index (Phi) is 4.44. The van der Waals surface area contributed by atoms with Gasteiger partial charge in [-0.1, -0.05) is 11.6 Å². The van der Waals surface area contributed by atoms with E-state index in [1.807, 2.05) is 6.07 Å². The predicted molar refractivity (Wildman–Crippen MR) is 80.6 cm³/mol. The summed E-state index contributed by atoms with van der Waals surface area (Å²) in [6, 6.07) is 1.85. The zero-order chi connectivity index (χ0) is 13.9. The number of imidazole rings is 1. The van der Waals surface area contributed by atoms with Gasteiger partial charge in [-0.3, -0.25) is 0 Å². The summed E-state index contributed by atoms with van der Waals surface area (Å²) >= 11 is 11.9. The maximum Gasteiger partial charge on any atom is 0.160 e. The summed E-state index contributed by atoms with van der Waals surface area (Å²) in [6.07, 6.45) is 6.10. The molecule has 0 spiro atoms. The van der Waals surface area contributed by atoms with Crippen molar-refractivity contribution in [3.8, 4) is 0 Å². The van der Waals surface area contributed by atoms with E-state index in [2.05, 4.69) is 14.5 Å². The first-order valence-electron chi connectivity index (χ1n) is 6.96. The van der Waals surface area contributed by atoms with Gasteiger partial charge in [0.15, 0.2) is 5.65 Å². The Morgan fingerprint density at radius 1 is 1.40 bits per heavy atom. The summed E-state index contributed by atoms with van der Waals surface area (Å²) in [4.78, 5) is 9.02. The molecule has 1 atom stereocenters. The van der Waals surface area contributed by atoms with Crippen LogP contribution in [0.2, 0.25) is 5.02 Å². The van der Waals surface area contributed by atoms with Crippen molar-refractivity contribution in [2.24, 2.45) is 0 Å². The van der Waals surface area contributed by atoms with Gasteiger partial charge in [-0.25, -0.2) is 9.97 Å². The maximum absolute atomic E-state index is 5.99. The minimum atomic E-state index is 0.243. The van der Waals surface area contributed by atoms with Crippen LogP contribution in [0.3, 0.4) is 0 Å². The van der Waals surface area contributed by atoms with Crippen LogP contribution < -0.4 is 0 Å². The third kappa shape index (κ3) is 2.92. The molecule has 0 aromatic carbocycles. The number of aromatic nitrogens is 3. The van der Waals surface area contributed by atoms with E-state index in [1.165, 1.54) is 6.42 Å². The van der Waals surface area contributed by atoms with E-state index in [0.29, 0.717) is 10.9 Å². The topological polar surface area (TPSA) is 39.9 Å². The van der Waals surface area contributed by atoms with Gasteiger partial charge in [0, 0.05) is 25.1 Å². The summed E-state index contributed by atoms with van der Waals surface area (Å²) in [5, 5.41) is 0.605. The van der Waals surface area contributed by atoms with Crippen LogP contribution in [0.1, 0.15) is 25.1 Å². The zero-order valence-electron chi connectivity index (χ0n) is 11.2. The van der Waals surface area contributed by atoms with Crippen molar-refractivity contribution >= 4 is 34.4 Å². The average Bonchev–Trinajstić information content (AvgIpc) is 2.77. The molecule has 4 nitrogen and oxygen atoms in total. The molecule has 0 bridgehead atoms. The van der Waals surface area contributed by atoms with Crippen molar-refractivity contribution in [2.75, 3.05) is 12.5 Å².